The lowest BCUT2D eigenvalue weighted by Gasteiger charge is -2.13. The number of hydrogen-bond donors (Lipinski definition) is 2. The van der Waals surface area contributed by atoms with E-state index in [1.165, 1.54) is 18.5 Å². The zero-order valence-electron chi connectivity index (χ0n) is 10.5. The standard InChI is InChI=1S/C13H15N5O/c14-13(17-19)9-5-6-15-12(7-9)18-8-16-10-3-1-2-4-11(10)18/h5-8,19H,1-4H2,(H2,14,17). The van der Waals surface area contributed by atoms with E-state index in [1.54, 1.807) is 24.7 Å². The summed E-state index contributed by atoms with van der Waals surface area (Å²) in [6.07, 6.45) is 7.87. The molecule has 0 amide bonds. The summed E-state index contributed by atoms with van der Waals surface area (Å²) in [5, 5.41) is 11.7. The molecule has 2 aromatic rings. The van der Waals surface area contributed by atoms with Gasteiger partial charge >= 0.3 is 0 Å². The predicted molar refractivity (Wildman–Crippen MR) is 70.5 cm³/mol. The van der Waals surface area contributed by atoms with Gasteiger partial charge in [0.15, 0.2) is 5.84 Å². The molecule has 6 nitrogen and oxygen atoms in total. The van der Waals surface area contributed by atoms with Gasteiger partial charge in [-0.05, 0) is 37.8 Å². The highest BCUT2D eigenvalue weighted by molar-refractivity contribution is 5.97. The van der Waals surface area contributed by atoms with E-state index >= 15 is 0 Å². The van der Waals surface area contributed by atoms with Crippen LogP contribution >= 0.6 is 0 Å². The summed E-state index contributed by atoms with van der Waals surface area (Å²) >= 11 is 0. The largest absolute Gasteiger partial charge is 0.409 e. The Hall–Kier alpha value is -2.37. The summed E-state index contributed by atoms with van der Waals surface area (Å²) in [4.78, 5) is 8.78. The predicted octanol–water partition coefficient (Wildman–Crippen LogP) is 1.24. The topological polar surface area (TPSA) is 89.3 Å². The molecule has 0 fully saturated rings. The fourth-order valence-electron chi connectivity index (χ4n) is 2.43. The van der Waals surface area contributed by atoms with Crippen LogP contribution in [0, 0.1) is 0 Å². The summed E-state index contributed by atoms with van der Waals surface area (Å²) < 4.78 is 1.99. The maximum atomic E-state index is 8.73. The van der Waals surface area contributed by atoms with Gasteiger partial charge in [-0.3, -0.25) is 4.57 Å². The molecule has 0 atom stereocenters. The third-order valence-corrected chi connectivity index (χ3v) is 3.43. The molecule has 0 aliphatic heterocycles. The van der Waals surface area contributed by atoms with Crippen molar-refractivity contribution in [2.75, 3.05) is 0 Å². The number of aryl methyl sites for hydroxylation is 1. The maximum absolute atomic E-state index is 8.73. The van der Waals surface area contributed by atoms with Crippen LogP contribution in [0.2, 0.25) is 0 Å². The number of imidazole rings is 1. The molecule has 0 bridgehead atoms. The number of aromatic nitrogens is 3. The monoisotopic (exact) mass is 257 g/mol. The van der Waals surface area contributed by atoms with Crippen LogP contribution in [0.5, 0.6) is 0 Å². The maximum Gasteiger partial charge on any atom is 0.170 e. The summed E-state index contributed by atoms with van der Waals surface area (Å²) in [5.74, 6) is 0.831. The molecule has 3 rings (SSSR count). The van der Waals surface area contributed by atoms with Gasteiger partial charge in [0.25, 0.3) is 0 Å². The Morgan fingerprint density at radius 3 is 3.00 bits per heavy atom. The van der Waals surface area contributed by atoms with Gasteiger partial charge in [0, 0.05) is 17.5 Å². The van der Waals surface area contributed by atoms with Crippen LogP contribution in [0.15, 0.2) is 29.8 Å². The molecular weight excluding hydrogens is 242 g/mol. The molecule has 0 unspecified atom stereocenters. The number of fused-ring (bicyclic) bond motifs is 1. The fourth-order valence-corrected chi connectivity index (χ4v) is 2.43. The number of pyridine rings is 1. The number of nitrogens with zero attached hydrogens (tertiary/aromatic N) is 4. The first kappa shape index (κ1) is 11.7. The minimum absolute atomic E-state index is 0.0811. The van der Waals surface area contributed by atoms with E-state index in [-0.39, 0.29) is 5.84 Å². The second-order valence-electron chi connectivity index (χ2n) is 4.60. The van der Waals surface area contributed by atoms with Crippen molar-refractivity contribution in [2.45, 2.75) is 25.7 Å². The van der Waals surface area contributed by atoms with Gasteiger partial charge in [-0.25, -0.2) is 9.97 Å². The highest BCUT2D eigenvalue weighted by atomic mass is 16.4. The number of rotatable bonds is 2. The van der Waals surface area contributed by atoms with E-state index in [0.29, 0.717) is 5.56 Å². The molecule has 1 aliphatic carbocycles. The smallest absolute Gasteiger partial charge is 0.170 e. The van der Waals surface area contributed by atoms with E-state index in [0.717, 1.165) is 24.4 Å². The van der Waals surface area contributed by atoms with Gasteiger partial charge in [0.1, 0.15) is 12.1 Å². The van der Waals surface area contributed by atoms with Crippen molar-refractivity contribution in [1.82, 2.24) is 14.5 Å². The lowest BCUT2D eigenvalue weighted by molar-refractivity contribution is 0.318. The molecule has 3 N–H and O–H groups in total. The molecule has 2 aromatic heterocycles. The van der Waals surface area contributed by atoms with Crippen LogP contribution in [-0.4, -0.2) is 25.6 Å². The second-order valence-corrected chi connectivity index (χ2v) is 4.60. The Morgan fingerprint density at radius 2 is 2.16 bits per heavy atom. The van der Waals surface area contributed by atoms with Gasteiger partial charge in [-0.2, -0.15) is 0 Å². The Morgan fingerprint density at radius 1 is 1.32 bits per heavy atom. The number of hydrogen-bond acceptors (Lipinski definition) is 4. The first-order chi connectivity index (χ1) is 9.29. The average molecular weight is 257 g/mol. The summed E-state index contributed by atoms with van der Waals surface area (Å²) in [5.41, 5.74) is 8.62. The third-order valence-electron chi connectivity index (χ3n) is 3.43. The van der Waals surface area contributed by atoms with Crippen molar-refractivity contribution >= 4 is 5.84 Å². The van der Waals surface area contributed by atoms with E-state index in [1.807, 2.05) is 4.57 Å². The first-order valence-corrected chi connectivity index (χ1v) is 6.29. The third kappa shape index (κ3) is 2.05. The Kier molecular flexibility index (Phi) is 2.91. The Labute approximate surface area is 110 Å². The van der Waals surface area contributed by atoms with Crippen LogP contribution < -0.4 is 5.73 Å². The molecule has 19 heavy (non-hydrogen) atoms. The SMILES string of the molecule is N/C(=N/O)c1ccnc(-n2cnc3c2CCCC3)c1. The second kappa shape index (κ2) is 4.72. The average Bonchev–Trinajstić information content (AvgIpc) is 2.90. The minimum Gasteiger partial charge on any atom is -0.409 e. The van der Waals surface area contributed by atoms with Crippen LogP contribution in [0.3, 0.4) is 0 Å². The van der Waals surface area contributed by atoms with Gasteiger partial charge in [-0.1, -0.05) is 5.16 Å². The molecule has 6 heteroatoms. The molecule has 0 saturated heterocycles. The summed E-state index contributed by atoms with van der Waals surface area (Å²) in [6, 6.07) is 3.51. The first-order valence-electron chi connectivity index (χ1n) is 6.29. The normalized spacial score (nSPS) is 15.3. The number of oxime groups is 1. The molecule has 2 heterocycles. The van der Waals surface area contributed by atoms with Crippen LogP contribution in [0.1, 0.15) is 29.8 Å². The van der Waals surface area contributed by atoms with Gasteiger partial charge in [-0.15, -0.1) is 0 Å². The molecule has 1 aliphatic rings. The van der Waals surface area contributed by atoms with Crippen molar-refractivity contribution in [1.29, 1.82) is 0 Å². The van der Waals surface area contributed by atoms with Crippen LogP contribution in [0.25, 0.3) is 5.82 Å². The fraction of sp³-hybridized carbons (Fsp3) is 0.308. The highest BCUT2D eigenvalue weighted by Crippen LogP contribution is 2.22. The van der Waals surface area contributed by atoms with Crippen molar-refractivity contribution in [2.24, 2.45) is 10.9 Å². The van der Waals surface area contributed by atoms with Crippen molar-refractivity contribution in [3.8, 4) is 5.82 Å². The van der Waals surface area contributed by atoms with E-state index in [4.69, 9.17) is 10.9 Å². The van der Waals surface area contributed by atoms with E-state index in [9.17, 15) is 0 Å². The molecule has 0 aromatic carbocycles. The molecule has 0 spiro atoms. The van der Waals surface area contributed by atoms with E-state index < -0.39 is 0 Å². The van der Waals surface area contributed by atoms with Crippen molar-refractivity contribution in [3.05, 3.63) is 41.6 Å². The number of amidine groups is 1. The van der Waals surface area contributed by atoms with Crippen molar-refractivity contribution < 1.29 is 5.21 Å². The Balaban J connectivity index is 2.05. The van der Waals surface area contributed by atoms with Crippen LogP contribution in [-0.2, 0) is 12.8 Å². The zero-order valence-corrected chi connectivity index (χ0v) is 10.5. The zero-order chi connectivity index (χ0) is 13.2. The van der Waals surface area contributed by atoms with Gasteiger partial charge in [0.05, 0.1) is 5.69 Å². The van der Waals surface area contributed by atoms with E-state index in [2.05, 4.69) is 15.1 Å². The summed E-state index contributed by atoms with van der Waals surface area (Å²) in [7, 11) is 0. The number of nitrogens with two attached hydrogens (primary N) is 1. The highest BCUT2D eigenvalue weighted by Gasteiger charge is 2.16. The summed E-state index contributed by atoms with van der Waals surface area (Å²) in [6.45, 7) is 0. The Bertz CT molecular complexity index is 632. The quantitative estimate of drug-likeness (QED) is 0.366. The molecule has 0 saturated carbocycles. The molecular formula is C13H15N5O. The van der Waals surface area contributed by atoms with Crippen molar-refractivity contribution in [3.63, 3.8) is 0 Å². The molecule has 0 radical (unpaired) electrons. The lowest BCUT2D eigenvalue weighted by atomic mass is 10.0. The molecule has 98 valence electrons. The lowest BCUT2D eigenvalue weighted by Crippen LogP contribution is -2.14. The minimum atomic E-state index is 0.0811. The van der Waals surface area contributed by atoms with Crippen LogP contribution in [0.4, 0.5) is 0 Å². The van der Waals surface area contributed by atoms with Gasteiger partial charge < -0.3 is 10.9 Å². The van der Waals surface area contributed by atoms with Gasteiger partial charge in [0.2, 0.25) is 0 Å².